The Balaban J connectivity index is 1.67. The minimum Gasteiger partial charge on any atom is -0.393 e. The average molecular weight is 251 g/mol. The van der Waals surface area contributed by atoms with Gasteiger partial charge >= 0.3 is 0 Å². The van der Waals surface area contributed by atoms with E-state index in [1.807, 2.05) is 11.3 Å². The lowest BCUT2D eigenvalue weighted by Gasteiger charge is -2.37. The lowest BCUT2D eigenvalue weighted by atomic mass is 9.86. The van der Waals surface area contributed by atoms with Crippen molar-refractivity contribution in [1.82, 2.24) is 5.32 Å². The molecule has 0 radical (unpaired) electrons. The summed E-state index contributed by atoms with van der Waals surface area (Å²) in [5.74, 6) is 0.811. The molecule has 94 valence electrons. The summed E-state index contributed by atoms with van der Waals surface area (Å²) in [6.07, 6.45) is 7.34. The number of hydrogen-bond donors (Lipinski definition) is 2. The summed E-state index contributed by atoms with van der Waals surface area (Å²) < 4.78 is 0. The quantitative estimate of drug-likeness (QED) is 0.862. The first-order valence-electron chi connectivity index (χ1n) is 6.80. The second-order valence-electron chi connectivity index (χ2n) is 5.53. The van der Waals surface area contributed by atoms with Crippen LogP contribution in [0.5, 0.6) is 0 Å². The lowest BCUT2D eigenvalue weighted by Crippen LogP contribution is -2.46. The van der Waals surface area contributed by atoms with Crippen LogP contribution in [-0.2, 0) is 0 Å². The van der Waals surface area contributed by atoms with Crippen molar-refractivity contribution in [2.45, 2.75) is 56.7 Å². The van der Waals surface area contributed by atoms with Crippen molar-refractivity contribution in [3.63, 3.8) is 0 Å². The van der Waals surface area contributed by atoms with E-state index in [4.69, 9.17) is 0 Å². The van der Waals surface area contributed by atoms with Gasteiger partial charge in [-0.05, 0) is 43.0 Å². The summed E-state index contributed by atoms with van der Waals surface area (Å²) in [6.45, 7) is 0. The maximum absolute atomic E-state index is 9.39. The molecule has 2 saturated carbocycles. The SMILES string of the molecule is OC1CC(NC(c2cccs2)C2CCCC2)C1. The van der Waals surface area contributed by atoms with E-state index in [0.29, 0.717) is 12.1 Å². The first-order valence-corrected chi connectivity index (χ1v) is 7.68. The molecule has 0 spiro atoms. The van der Waals surface area contributed by atoms with Crippen LogP contribution in [0.3, 0.4) is 0 Å². The highest BCUT2D eigenvalue weighted by Gasteiger charge is 2.33. The van der Waals surface area contributed by atoms with Crippen LogP contribution in [0, 0.1) is 5.92 Å². The Labute approximate surface area is 107 Å². The van der Waals surface area contributed by atoms with Gasteiger partial charge in [-0.3, -0.25) is 0 Å². The zero-order chi connectivity index (χ0) is 11.7. The number of thiophene rings is 1. The van der Waals surface area contributed by atoms with E-state index < -0.39 is 0 Å². The summed E-state index contributed by atoms with van der Waals surface area (Å²) in [5.41, 5.74) is 0. The number of aliphatic hydroxyl groups is 1. The average Bonchev–Trinajstić information content (AvgIpc) is 2.95. The second kappa shape index (κ2) is 5.09. The van der Waals surface area contributed by atoms with E-state index >= 15 is 0 Å². The third-order valence-electron chi connectivity index (χ3n) is 4.25. The number of nitrogens with one attached hydrogen (secondary N) is 1. The van der Waals surface area contributed by atoms with Gasteiger partial charge in [0.1, 0.15) is 0 Å². The molecule has 0 aromatic carbocycles. The van der Waals surface area contributed by atoms with Crippen molar-refractivity contribution < 1.29 is 5.11 Å². The predicted molar refractivity (Wildman–Crippen MR) is 71.2 cm³/mol. The molecular formula is C14H21NOS. The molecule has 3 rings (SSSR count). The second-order valence-corrected chi connectivity index (χ2v) is 6.51. The van der Waals surface area contributed by atoms with Crippen molar-refractivity contribution >= 4 is 11.3 Å². The van der Waals surface area contributed by atoms with Crippen LogP contribution < -0.4 is 5.32 Å². The van der Waals surface area contributed by atoms with Gasteiger partial charge in [0.2, 0.25) is 0 Å². The molecule has 3 heteroatoms. The maximum Gasteiger partial charge on any atom is 0.0570 e. The van der Waals surface area contributed by atoms with Gasteiger partial charge in [0.25, 0.3) is 0 Å². The topological polar surface area (TPSA) is 32.3 Å². The fourth-order valence-electron chi connectivity index (χ4n) is 3.19. The molecule has 0 bridgehead atoms. The minimum atomic E-state index is -0.0555. The summed E-state index contributed by atoms with van der Waals surface area (Å²) in [4.78, 5) is 1.48. The standard InChI is InChI=1S/C14H21NOS/c16-12-8-11(9-12)15-14(10-4-1-2-5-10)13-6-3-7-17-13/h3,6-7,10-12,14-16H,1-2,4-5,8-9H2. The van der Waals surface area contributed by atoms with Gasteiger partial charge in [-0.15, -0.1) is 11.3 Å². The predicted octanol–water partition coefficient (Wildman–Crippen LogP) is 3.09. The molecule has 1 unspecified atom stereocenters. The zero-order valence-electron chi connectivity index (χ0n) is 10.1. The number of rotatable bonds is 4. The van der Waals surface area contributed by atoms with Gasteiger partial charge < -0.3 is 10.4 Å². The number of hydrogen-bond acceptors (Lipinski definition) is 3. The Morgan fingerprint density at radius 2 is 2.06 bits per heavy atom. The molecule has 0 amide bonds. The van der Waals surface area contributed by atoms with E-state index in [2.05, 4.69) is 22.8 Å². The van der Waals surface area contributed by atoms with E-state index in [9.17, 15) is 5.11 Å². The van der Waals surface area contributed by atoms with E-state index in [0.717, 1.165) is 18.8 Å². The summed E-state index contributed by atoms with van der Waals surface area (Å²) in [7, 11) is 0. The maximum atomic E-state index is 9.39. The van der Waals surface area contributed by atoms with Crippen molar-refractivity contribution in [2.75, 3.05) is 0 Å². The molecule has 0 aliphatic heterocycles. The molecular weight excluding hydrogens is 230 g/mol. The Kier molecular flexibility index (Phi) is 3.50. The van der Waals surface area contributed by atoms with Gasteiger partial charge in [0.05, 0.1) is 6.10 Å². The Hall–Kier alpha value is -0.380. The molecule has 1 aromatic rings. The zero-order valence-corrected chi connectivity index (χ0v) is 11.0. The van der Waals surface area contributed by atoms with Crippen LogP contribution in [0.15, 0.2) is 17.5 Å². The smallest absolute Gasteiger partial charge is 0.0570 e. The van der Waals surface area contributed by atoms with Gasteiger partial charge in [0.15, 0.2) is 0 Å². The van der Waals surface area contributed by atoms with Gasteiger partial charge in [-0.2, -0.15) is 0 Å². The normalized spacial score (nSPS) is 31.4. The van der Waals surface area contributed by atoms with Crippen LogP contribution in [-0.4, -0.2) is 17.3 Å². The number of aliphatic hydroxyl groups excluding tert-OH is 1. The van der Waals surface area contributed by atoms with E-state index in [1.54, 1.807) is 0 Å². The molecule has 2 aliphatic rings. The fraction of sp³-hybridized carbons (Fsp3) is 0.714. The third-order valence-corrected chi connectivity index (χ3v) is 5.20. The largest absolute Gasteiger partial charge is 0.393 e. The molecule has 2 N–H and O–H groups in total. The Morgan fingerprint density at radius 3 is 2.65 bits per heavy atom. The Morgan fingerprint density at radius 1 is 1.29 bits per heavy atom. The third kappa shape index (κ3) is 2.56. The highest BCUT2D eigenvalue weighted by atomic mass is 32.1. The van der Waals surface area contributed by atoms with Crippen LogP contribution in [0.2, 0.25) is 0 Å². The summed E-state index contributed by atoms with van der Waals surface area (Å²) in [6, 6.07) is 5.49. The fourth-order valence-corrected chi connectivity index (χ4v) is 4.07. The molecule has 2 aliphatic carbocycles. The van der Waals surface area contributed by atoms with Crippen LogP contribution in [0.4, 0.5) is 0 Å². The van der Waals surface area contributed by atoms with Gasteiger partial charge in [-0.1, -0.05) is 18.9 Å². The molecule has 1 atom stereocenters. The molecule has 2 fully saturated rings. The molecule has 1 aromatic heterocycles. The van der Waals surface area contributed by atoms with Crippen molar-refractivity contribution in [3.8, 4) is 0 Å². The van der Waals surface area contributed by atoms with Crippen molar-refractivity contribution in [1.29, 1.82) is 0 Å². The summed E-state index contributed by atoms with van der Waals surface area (Å²) in [5, 5.41) is 15.3. The van der Waals surface area contributed by atoms with Crippen molar-refractivity contribution in [3.05, 3.63) is 22.4 Å². The molecule has 17 heavy (non-hydrogen) atoms. The first kappa shape index (κ1) is 11.7. The van der Waals surface area contributed by atoms with Gasteiger partial charge in [-0.25, -0.2) is 0 Å². The van der Waals surface area contributed by atoms with Gasteiger partial charge in [0, 0.05) is 17.0 Å². The van der Waals surface area contributed by atoms with Crippen LogP contribution >= 0.6 is 11.3 Å². The molecule has 0 saturated heterocycles. The highest BCUT2D eigenvalue weighted by Crippen LogP contribution is 2.38. The van der Waals surface area contributed by atoms with Crippen LogP contribution in [0.1, 0.15) is 49.4 Å². The molecule has 2 nitrogen and oxygen atoms in total. The van der Waals surface area contributed by atoms with Crippen LogP contribution in [0.25, 0.3) is 0 Å². The van der Waals surface area contributed by atoms with E-state index in [1.165, 1.54) is 30.6 Å². The Bertz CT molecular complexity index is 339. The van der Waals surface area contributed by atoms with E-state index in [-0.39, 0.29) is 6.10 Å². The summed E-state index contributed by atoms with van der Waals surface area (Å²) >= 11 is 1.87. The molecule has 1 heterocycles. The lowest BCUT2D eigenvalue weighted by molar-refractivity contribution is 0.0540. The minimum absolute atomic E-state index is 0.0555. The highest BCUT2D eigenvalue weighted by molar-refractivity contribution is 7.10. The first-order chi connectivity index (χ1) is 8.33. The monoisotopic (exact) mass is 251 g/mol. The van der Waals surface area contributed by atoms with Crippen molar-refractivity contribution in [2.24, 2.45) is 5.92 Å².